The van der Waals surface area contributed by atoms with Crippen LogP contribution in [0.1, 0.15) is 41.0 Å². The summed E-state index contributed by atoms with van der Waals surface area (Å²) in [4.78, 5) is 50.7. The molecule has 1 aliphatic carbocycles. The highest BCUT2D eigenvalue weighted by Crippen LogP contribution is 2.38. The highest BCUT2D eigenvalue weighted by Gasteiger charge is 2.58. The van der Waals surface area contributed by atoms with Crippen LogP contribution in [0.25, 0.3) is 0 Å². The average molecular weight is 1230 g/mol. The van der Waals surface area contributed by atoms with Crippen molar-refractivity contribution in [2.75, 3.05) is 40.1 Å². The molecule has 6 fully saturated rings. The predicted octanol–water partition coefficient (Wildman–Crippen LogP) is -12.0. The molecule has 5 saturated heterocycles. The first-order valence-corrected chi connectivity index (χ1v) is 27.7. The number of aliphatic hydroxyl groups excluding tert-OH is 13. The summed E-state index contributed by atoms with van der Waals surface area (Å²) in [7, 11) is -4.14. The van der Waals surface area contributed by atoms with Crippen molar-refractivity contribution in [1.29, 1.82) is 0 Å². The van der Waals surface area contributed by atoms with Crippen LogP contribution in [-0.4, -0.2) is 316 Å². The third-order valence-corrected chi connectivity index (χ3v) is 15.8. The number of hydrogen-bond acceptors (Lipinski definition) is 32. The fourth-order valence-corrected chi connectivity index (χ4v) is 11.1. The van der Waals surface area contributed by atoms with E-state index >= 15 is 0 Å². The van der Waals surface area contributed by atoms with Gasteiger partial charge in [0.25, 0.3) is 0 Å². The monoisotopic (exact) mass is 1230 g/mol. The number of carbonyl (C=O) groups is 4. The van der Waals surface area contributed by atoms with Crippen molar-refractivity contribution >= 4 is 34.0 Å². The van der Waals surface area contributed by atoms with Gasteiger partial charge >= 0.3 is 10.4 Å². The lowest BCUT2D eigenvalue weighted by molar-refractivity contribution is -0.364. The Morgan fingerprint density at radius 1 is 0.482 bits per heavy atom. The van der Waals surface area contributed by atoms with Gasteiger partial charge in [0, 0.05) is 33.6 Å². The van der Waals surface area contributed by atoms with E-state index in [9.17, 15) is 94.0 Å². The second-order valence-corrected chi connectivity index (χ2v) is 22.4. The second kappa shape index (κ2) is 29.7. The van der Waals surface area contributed by atoms with E-state index in [-0.39, 0.29) is 6.42 Å². The molecule has 37 heteroatoms. The molecule has 480 valence electrons. The Labute approximate surface area is 474 Å². The van der Waals surface area contributed by atoms with Crippen molar-refractivity contribution in [2.45, 2.75) is 219 Å². The third-order valence-electron chi connectivity index (χ3n) is 14.9. The predicted molar refractivity (Wildman–Crippen MR) is 264 cm³/mol. The van der Waals surface area contributed by atoms with Crippen LogP contribution in [0.3, 0.4) is 0 Å². The SMILES string of the molecule is COS(=O)(=O)OCC1OC(OC2C(COC3OC(C)C(O)C(O)C3O)CC(O)C(NC(C)=O)C2O)C(NC(C)=O)C(O)C1OC1OC(CO)C(OC2OC(CO)C(OC3OC(CO)C(O)C(O)C3N)C(O)C2NC(C)=O)C(O)C1NC(C)=O. The summed E-state index contributed by atoms with van der Waals surface area (Å²) >= 11 is 0. The molecule has 83 heavy (non-hydrogen) atoms. The number of carbonyl (C=O) groups excluding carboxylic acids is 4. The van der Waals surface area contributed by atoms with Crippen LogP contribution in [-0.2, 0) is 85.3 Å². The highest BCUT2D eigenvalue weighted by atomic mass is 32.3. The van der Waals surface area contributed by atoms with Gasteiger partial charge in [-0.3, -0.25) is 23.4 Å². The molecule has 30 unspecified atom stereocenters. The van der Waals surface area contributed by atoms with Gasteiger partial charge in [0.1, 0.15) is 116 Å². The summed E-state index contributed by atoms with van der Waals surface area (Å²) in [5.74, 6) is -4.45. The molecule has 0 spiro atoms. The minimum atomic E-state index is -4.87. The van der Waals surface area contributed by atoms with Gasteiger partial charge in [-0.25, -0.2) is 4.18 Å². The molecular formula is C46H79N5O31S. The third kappa shape index (κ3) is 16.3. The van der Waals surface area contributed by atoms with Gasteiger partial charge in [0.15, 0.2) is 31.5 Å². The maximum atomic E-state index is 12.9. The molecular weight excluding hydrogens is 1150 g/mol. The number of nitrogens with two attached hydrogens (primary N) is 1. The van der Waals surface area contributed by atoms with Gasteiger partial charge in [-0.05, 0) is 13.3 Å². The number of aliphatic hydroxyl groups is 13. The van der Waals surface area contributed by atoms with Crippen LogP contribution < -0.4 is 27.0 Å². The lowest BCUT2D eigenvalue weighted by atomic mass is 9.79. The Balaban J connectivity index is 1.29. The first-order valence-electron chi connectivity index (χ1n) is 26.4. The molecule has 6 aliphatic rings. The molecule has 0 radical (unpaired) electrons. The lowest BCUT2D eigenvalue weighted by Crippen LogP contribution is -2.72. The summed E-state index contributed by atoms with van der Waals surface area (Å²) in [6.45, 7) is 0.938. The van der Waals surface area contributed by atoms with E-state index in [1.807, 2.05) is 0 Å². The topological polar surface area (TPSA) is 550 Å². The van der Waals surface area contributed by atoms with E-state index in [1.165, 1.54) is 6.92 Å². The minimum Gasteiger partial charge on any atom is -0.394 e. The Kier molecular flexibility index (Phi) is 24.6. The normalized spacial score (nSPS) is 45.2. The van der Waals surface area contributed by atoms with Crippen LogP contribution >= 0.6 is 0 Å². The maximum absolute atomic E-state index is 12.9. The molecule has 5 aliphatic heterocycles. The second-order valence-electron chi connectivity index (χ2n) is 21.0. The summed E-state index contributed by atoms with van der Waals surface area (Å²) in [6.07, 6.45) is -42.6. The van der Waals surface area contributed by atoms with Gasteiger partial charge in [-0.15, -0.1) is 0 Å². The highest BCUT2D eigenvalue weighted by molar-refractivity contribution is 7.81. The largest absolute Gasteiger partial charge is 0.399 e. The number of nitrogens with one attached hydrogen (secondary N) is 4. The fourth-order valence-electron chi connectivity index (χ4n) is 10.7. The Morgan fingerprint density at radius 3 is 1.33 bits per heavy atom. The first-order chi connectivity index (χ1) is 39.0. The van der Waals surface area contributed by atoms with Crippen LogP contribution in [0.15, 0.2) is 0 Å². The molecule has 6 rings (SSSR count). The van der Waals surface area contributed by atoms with Crippen molar-refractivity contribution in [3.05, 3.63) is 0 Å². The molecule has 19 N–H and O–H groups in total. The van der Waals surface area contributed by atoms with Crippen LogP contribution in [0.2, 0.25) is 0 Å². The number of hydrogen-bond donors (Lipinski definition) is 18. The molecule has 4 amide bonds. The number of rotatable bonds is 22. The summed E-state index contributed by atoms with van der Waals surface area (Å²) in [5.41, 5.74) is 6.04. The molecule has 1 saturated carbocycles. The Morgan fingerprint density at radius 2 is 0.880 bits per heavy atom. The quantitative estimate of drug-likeness (QED) is 0.0479. The van der Waals surface area contributed by atoms with Crippen LogP contribution in [0.4, 0.5) is 0 Å². The Hall–Kier alpha value is -3.21. The van der Waals surface area contributed by atoms with E-state index in [1.54, 1.807) is 0 Å². The van der Waals surface area contributed by atoms with E-state index in [4.69, 9.17) is 57.3 Å². The van der Waals surface area contributed by atoms with Gasteiger partial charge in [0.2, 0.25) is 23.6 Å². The zero-order valence-electron chi connectivity index (χ0n) is 45.7. The number of amides is 4. The van der Waals surface area contributed by atoms with Gasteiger partial charge in [-0.2, -0.15) is 8.42 Å². The molecule has 0 aromatic heterocycles. The van der Waals surface area contributed by atoms with Crippen molar-refractivity contribution in [3.63, 3.8) is 0 Å². The standard InChI is InChI=1S/C46H79N5O31S/c1-13-29(60)36(67)37(68)46(74-13)72-11-18-7-19(59)25(48-14(2)55)32(63)38(18)79-45-28(51-17(5)58)35(66)41(23(78-45)12-73-83(69,70)71-6)82-44-27(50-16(4)57)34(65)40(22(10-54)77-44)81-43-26(49-15(3)56)33(64)39(21(9-53)76-43)80-42-24(47)31(62)30(61)20(8-52)75-42/h13,18-46,52-54,59-68H,7-12,47H2,1-6H3,(H,48,55)(H,49,56)(H,50,57)(H,51,58). The summed E-state index contributed by atoms with van der Waals surface area (Å²) in [6, 6.07) is -8.34. The van der Waals surface area contributed by atoms with E-state index < -0.39 is 251 Å². The smallest absolute Gasteiger partial charge is 0.394 e. The summed E-state index contributed by atoms with van der Waals surface area (Å²) < 4.78 is 94.3. The average Bonchev–Trinajstić information content (AvgIpc) is 3.63. The molecule has 0 aromatic rings. The molecule has 5 heterocycles. The summed E-state index contributed by atoms with van der Waals surface area (Å²) in [5, 5.41) is 152. The van der Waals surface area contributed by atoms with Crippen molar-refractivity contribution in [2.24, 2.45) is 11.7 Å². The molecule has 0 bridgehead atoms. The van der Waals surface area contributed by atoms with Gasteiger partial charge in [0.05, 0.1) is 70.5 Å². The Bertz CT molecular complexity index is 2250. The molecule has 30 atom stereocenters. The number of ether oxygens (including phenoxy) is 10. The maximum Gasteiger partial charge on any atom is 0.399 e. The van der Waals surface area contributed by atoms with E-state index in [0.717, 1.165) is 34.8 Å². The lowest BCUT2D eigenvalue weighted by Gasteiger charge is -2.51. The molecule has 0 aromatic carbocycles. The van der Waals surface area contributed by atoms with Crippen LogP contribution in [0, 0.1) is 5.92 Å². The fraction of sp³-hybridized carbons (Fsp3) is 0.913. The zero-order valence-corrected chi connectivity index (χ0v) is 46.5. The molecule has 36 nitrogen and oxygen atoms in total. The van der Waals surface area contributed by atoms with Crippen molar-refractivity contribution < 1.29 is 150 Å². The van der Waals surface area contributed by atoms with Gasteiger partial charge in [-0.1, -0.05) is 0 Å². The van der Waals surface area contributed by atoms with Crippen LogP contribution in [0.5, 0.6) is 0 Å². The van der Waals surface area contributed by atoms with Crippen molar-refractivity contribution in [1.82, 2.24) is 21.3 Å². The van der Waals surface area contributed by atoms with E-state index in [0.29, 0.717) is 0 Å². The van der Waals surface area contributed by atoms with E-state index in [2.05, 4.69) is 25.5 Å². The first kappa shape index (κ1) is 68.9. The minimum absolute atomic E-state index is 0.350. The zero-order chi connectivity index (χ0) is 61.7. The van der Waals surface area contributed by atoms with Crippen molar-refractivity contribution in [3.8, 4) is 0 Å². The van der Waals surface area contributed by atoms with Gasteiger partial charge < -0.3 is 141 Å².